The van der Waals surface area contributed by atoms with E-state index in [0.717, 1.165) is 65.3 Å². The van der Waals surface area contributed by atoms with Crippen LogP contribution in [0.4, 0.5) is 11.5 Å². The van der Waals surface area contributed by atoms with E-state index in [0.29, 0.717) is 12.2 Å². The molecule has 2 aliphatic rings. The van der Waals surface area contributed by atoms with Crippen LogP contribution in [0.25, 0.3) is 0 Å². The van der Waals surface area contributed by atoms with Gasteiger partial charge in [0.15, 0.2) is 0 Å². The fourth-order valence-electron chi connectivity index (χ4n) is 4.15. The van der Waals surface area contributed by atoms with Gasteiger partial charge in [0, 0.05) is 41.0 Å². The number of fused-ring (bicyclic) bond motifs is 2. The molecule has 0 radical (unpaired) electrons. The fourth-order valence-corrected chi connectivity index (χ4v) is 4.15. The molecule has 0 saturated heterocycles. The molecule has 27 heavy (non-hydrogen) atoms. The van der Waals surface area contributed by atoms with Crippen molar-refractivity contribution in [3.63, 3.8) is 0 Å². The molecule has 0 fully saturated rings. The number of esters is 1. The standard InChI is InChI=1S/C21H24N4O2/c1-3-27-21(26)16-12(2)24-20-18(17(16)13-8-10-23-11-9-13)19(22)14-6-4-5-7-15(14)25-20/h8-11,17H,3-7H2,1-2H3,(H3,22,24,25)/t17-/m0/s1. The van der Waals surface area contributed by atoms with Crippen LogP contribution in [-0.2, 0) is 22.4 Å². The minimum absolute atomic E-state index is 0.317. The number of hydrogen-bond donors (Lipinski definition) is 2. The van der Waals surface area contributed by atoms with Crippen LogP contribution in [0, 0.1) is 0 Å². The molecule has 6 nitrogen and oxygen atoms in total. The van der Waals surface area contributed by atoms with E-state index in [-0.39, 0.29) is 11.9 Å². The molecule has 0 amide bonds. The number of nitrogens with one attached hydrogen (secondary N) is 1. The summed E-state index contributed by atoms with van der Waals surface area (Å²) in [6.45, 7) is 4.02. The van der Waals surface area contributed by atoms with E-state index in [1.807, 2.05) is 26.0 Å². The lowest BCUT2D eigenvalue weighted by Gasteiger charge is -2.32. The number of aryl methyl sites for hydroxylation is 1. The molecule has 4 rings (SSSR count). The molecular formula is C21H24N4O2. The molecule has 1 aliphatic heterocycles. The van der Waals surface area contributed by atoms with Gasteiger partial charge in [0.1, 0.15) is 5.82 Å². The number of rotatable bonds is 3. The number of ether oxygens (including phenoxy) is 1. The number of nitrogens with two attached hydrogens (primary N) is 1. The smallest absolute Gasteiger partial charge is 0.336 e. The molecule has 0 unspecified atom stereocenters. The van der Waals surface area contributed by atoms with Crippen molar-refractivity contribution in [2.24, 2.45) is 0 Å². The first-order valence-electron chi connectivity index (χ1n) is 9.47. The van der Waals surface area contributed by atoms with E-state index in [1.54, 1.807) is 12.4 Å². The maximum atomic E-state index is 12.8. The van der Waals surface area contributed by atoms with E-state index in [1.165, 1.54) is 0 Å². The second-order valence-electron chi connectivity index (χ2n) is 7.02. The molecule has 0 saturated carbocycles. The van der Waals surface area contributed by atoms with Gasteiger partial charge in [-0.3, -0.25) is 4.98 Å². The Bertz CT molecular complexity index is 922. The number of carbonyl (C=O) groups is 1. The highest BCUT2D eigenvalue weighted by atomic mass is 16.5. The summed E-state index contributed by atoms with van der Waals surface area (Å²) in [5.74, 6) is 0.107. The van der Waals surface area contributed by atoms with Crippen molar-refractivity contribution in [1.82, 2.24) is 9.97 Å². The monoisotopic (exact) mass is 364 g/mol. The number of carbonyl (C=O) groups excluding carboxylic acids is 1. The van der Waals surface area contributed by atoms with Gasteiger partial charge in [-0.2, -0.15) is 0 Å². The molecule has 6 heteroatoms. The van der Waals surface area contributed by atoms with Crippen LogP contribution in [0.5, 0.6) is 0 Å². The lowest BCUT2D eigenvalue weighted by molar-refractivity contribution is -0.138. The quantitative estimate of drug-likeness (QED) is 0.812. The summed E-state index contributed by atoms with van der Waals surface area (Å²) in [6, 6.07) is 3.84. The van der Waals surface area contributed by atoms with Gasteiger partial charge in [-0.05, 0) is 62.8 Å². The van der Waals surface area contributed by atoms with E-state index < -0.39 is 0 Å². The Kier molecular flexibility index (Phi) is 4.56. The van der Waals surface area contributed by atoms with Crippen LogP contribution >= 0.6 is 0 Å². The highest BCUT2D eigenvalue weighted by Gasteiger charge is 2.37. The Morgan fingerprint density at radius 2 is 2.04 bits per heavy atom. The van der Waals surface area contributed by atoms with Crippen molar-refractivity contribution in [1.29, 1.82) is 0 Å². The van der Waals surface area contributed by atoms with Gasteiger partial charge in [-0.25, -0.2) is 9.78 Å². The molecule has 1 atom stereocenters. The first-order chi connectivity index (χ1) is 13.1. The molecular weight excluding hydrogens is 340 g/mol. The molecule has 3 heterocycles. The third-order valence-electron chi connectivity index (χ3n) is 5.38. The Balaban J connectivity index is 1.95. The van der Waals surface area contributed by atoms with Crippen LogP contribution in [0.1, 0.15) is 55.0 Å². The largest absolute Gasteiger partial charge is 0.463 e. The summed E-state index contributed by atoms with van der Waals surface area (Å²) in [4.78, 5) is 21.8. The molecule has 0 aromatic carbocycles. The Morgan fingerprint density at radius 3 is 2.78 bits per heavy atom. The lowest BCUT2D eigenvalue weighted by atomic mass is 9.79. The average molecular weight is 364 g/mol. The maximum Gasteiger partial charge on any atom is 0.336 e. The summed E-state index contributed by atoms with van der Waals surface area (Å²) in [6.07, 6.45) is 7.59. The number of aromatic nitrogens is 2. The van der Waals surface area contributed by atoms with Crippen molar-refractivity contribution in [2.45, 2.75) is 45.4 Å². The van der Waals surface area contributed by atoms with Gasteiger partial charge in [-0.15, -0.1) is 0 Å². The SMILES string of the molecule is CCOC(=O)C1=C(C)Nc2nc3c(c(N)c2[C@H]1c1ccncc1)CCCC3. The number of pyridine rings is 2. The predicted octanol–water partition coefficient (Wildman–Crippen LogP) is 3.33. The molecule has 0 bridgehead atoms. The van der Waals surface area contributed by atoms with E-state index >= 15 is 0 Å². The van der Waals surface area contributed by atoms with Gasteiger partial charge >= 0.3 is 5.97 Å². The normalized spacial score (nSPS) is 18.4. The first-order valence-corrected chi connectivity index (χ1v) is 9.47. The number of hydrogen-bond acceptors (Lipinski definition) is 6. The zero-order chi connectivity index (χ0) is 19.0. The van der Waals surface area contributed by atoms with E-state index in [9.17, 15) is 4.79 Å². The zero-order valence-electron chi connectivity index (χ0n) is 15.7. The van der Waals surface area contributed by atoms with Crippen LogP contribution in [0.15, 0.2) is 35.8 Å². The first kappa shape index (κ1) is 17.5. The summed E-state index contributed by atoms with van der Waals surface area (Å²) in [5, 5.41) is 3.31. The van der Waals surface area contributed by atoms with Crippen LogP contribution in [-0.4, -0.2) is 22.5 Å². The lowest BCUT2D eigenvalue weighted by Crippen LogP contribution is -2.27. The number of anilines is 2. The van der Waals surface area contributed by atoms with Crippen LogP contribution < -0.4 is 11.1 Å². The molecule has 0 spiro atoms. The Hall–Kier alpha value is -2.89. The van der Waals surface area contributed by atoms with E-state index in [4.69, 9.17) is 15.5 Å². The van der Waals surface area contributed by atoms with Crippen molar-refractivity contribution >= 4 is 17.5 Å². The number of nitrogen functional groups attached to an aromatic ring is 1. The fraction of sp³-hybridized carbons (Fsp3) is 0.381. The van der Waals surface area contributed by atoms with Crippen LogP contribution in [0.3, 0.4) is 0 Å². The van der Waals surface area contributed by atoms with Gasteiger partial charge in [-0.1, -0.05) is 0 Å². The Morgan fingerprint density at radius 1 is 1.30 bits per heavy atom. The van der Waals surface area contributed by atoms with Gasteiger partial charge in [0.05, 0.1) is 12.2 Å². The van der Waals surface area contributed by atoms with Crippen LogP contribution in [0.2, 0.25) is 0 Å². The van der Waals surface area contributed by atoms with Crippen molar-refractivity contribution in [2.75, 3.05) is 17.7 Å². The maximum absolute atomic E-state index is 12.8. The van der Waals surface area contributed by atoms with Crippen molar-refractivity contribution < 1.29 is 9.53 Å². The summed E-state index contributed by atoms with van der Waals surface area (Å²) >= 11 is 0. The molecule has 1 aliphatic carbocycles. The zero-order valence-corrected chi connectivity index (χ0v) is 15.7. The van der Waals surface area contributed by atoms with Crippen molar-refractivity contribution in [3.8, 4) is 0 Å². The summed E-state index contributed by atoms with van der Waals surface area (Å²) in [5.41, 5.74) is 12.8. The second-order valence-corrected chi connectivity index (χ2v) is 7.02. The van der Waals surface area contributed by atoms with E-state index in [2.05, 4.69) is 10.3 Å². The second kappa shape index (κ2) is 7.02. The highest BCUT2D eigenvalue weighted by Crippen LogP contribution is 2.46. The number of nitrogens with zero attached hydrogens (tertiary/aromatic N) is 2. The molecule has 3 N–H and O–H groups in total. The van der Waals surface area contributed by atoms with Crippen molar-refractivity contribution in [3.05, 3.63) is 58.2 Å². The molecule has 2 aromatic heterocycles. The third-order valence-corrected chi connectivity index (χ3v) is 5.38. The highest BCUT2D eigenvalue weighted by molar-refractivity contribution is 5.95. The Labute approximate surface area is 158 Å². The predicted molar refractivity (Wildman–Crippen MR) is 104 cm³/mol. The average Bonchev–Trinajstić information content (AvgIpc) is 2.68. The summed E-state index contributed by atoms with van der Waals surface area (Å²) in [7, 11) is 0. The molecule has 2 aromatic rings. The minimum Gasteiger partial charge on any atom is -0.463 e. The minimum atomic E-state index is -0.327. The van der Waals surface area contributed by atoms with Gasteiger partial charge in [0.2, 0.25) is 0 Å². The third kappa shape index (κ3) is 2.95. The van der Waals surface area contributed by atoms with Gasteiger partial charge in [0.25, 0.3) is 0 Å². The molecule has 140 valence electrons. The summed E-state index contributed by atoms with van der Waals surface area (Å²) < 4.78 is 5.36. The number of allylic oxidation sites excluding steroid dienone is 1. The van der Waals surface area contributed by atoms with Gasteiger partial charge < -0.3 is 15.8 Å². The topological polar surface area (TPSA) is 90.1 Å².